The van der Waals surface area contributed by atoms with Crippen LogP contribution in [0.1, 0.15) is 38.3 Å². The van der Waals surface area contributed by atoms with Crippen LogP contribution in [0, 0.1) is 13.8 Å². The number of carbonyl (C=O) groups is 1. The largest absolute Gasteiger partial charge is 0.490 e. The molecule has 1 aliphatic rings. The standard InChI is InChI=1S/C25H19BrN2O4S/c1-4-10-31-17-7-5-6-15(11-17)21-20-22(29)18-12-16(26)8-9-19(18)32-23(20)24(30)28(21)25-27-13(2)14(3)33-25/h4-9,11-12,21H,1,10H2,2-3H3. The van der Waals surface area contributed by atoms with Crippen molar-refractivity contribution in [3.05, 3.63) is 97.3 Å². The summed E-state index contributed by atoms with van der Waals surface area (Å²) >= 11 is 4.83. The SMILES string of the molecule is C=CCOc1cccc(C2c3c(oc4ccc(Br)cc4c3=O)C(=O)N2c2nc(C)c(C)s2)c1. The Morgan fingerprint density at radius 2 is 2.06 bits per heavy atom. The van der Waals surface area contributed by atoms with E-state index in [9.17, 15) is 9.59 Å². The molecule has 0 aliphatic carbocycles. The number of amides is 1. The Balaban J connectivity index is 1.77. The van der Waals surface area contributed by atoms with Gasteiger partial charge >= 0.3 is 0 Å². The predicted octanol–water partition coefficient (Wildman–Crippen LogP) is 5.94. The summed E-state index contributed by atoms with van der Waals surface area (Å²) in [7, 11) is 0. The first-order valence-corrected chi connectivity index (χ1v) is 11.9. The molecule has 8 heteroatoms. The van der Waals surface area contributed by atoms with E-state index in [1.165, 1.54) is 11.3 Å². The molecule has 4 aromatic rings. The highest BCUT2D eigenvalue weighted by molar-refractivity contribution is 9.10. The van der Waals surface area contributed by atoms with E-state index in [0.29, 0.717) is 34.0 Å². The molecule has 0 bridgehead atoms. The van der Waals surface area contributed by atoms with Crippen molar-refractivity contribution in [3.63, 3.8) is 0 Å². The molecule has 2 aromatic heterocycles. The van der Waals surface area contributed by atoms with Gasteiger partial charge in [0, 0.05) is 9.35 Å². The van der Waals surface area contributed by atoms with Gasteiger partial charge in [-0.2, -0.15) is 0 Å². The van der Waals surface area contributed by atoms with Crippen LogP contribution in [-0.2, 0) is 0 Å². The van der Waals surface area contributed by atoms with E-state index >= 15 is 0 Å². The third kappa shape index (κ3) is 3.59. The molecule has 6 nitrogen and oxygen atoms in total. The number of hydrogen-bond donors (Lipinski definition) is 0. The molecule has 5 rings (SSSR count). The van der Waals surface area contributed by atoms with Crippen LogP contribution in [0.15, 0.2) is 68.8 Å². The minimum absolute atomic E-state index is 0.0442. The summed E-state index contributed by atoms with van der Waals surface area (Å²) in [5.41, 5.74) is 2.00. The maximum absolute atomic E-state index is 13.7. The van der Waals surface area contributed by atoms with Crippen LogP contribution in [0.2, 0.25) is 0 Å². The molecule has 0 fully saturated rings. The number of aryl methyl sites for hydroxylation is 2. The molecule has 1 atom stereocenters. The number of carbonyl (C=O) groups excluding carboxylic acids is 1. The monoisotopic (exact) mass is 522 g/mol. The van der Waals surface area contributed by atoms with Gasteiger partial charge in [-0.05, 0) is 49.7 Å². The predicted molar refractivity (Wildman–Crippen MR) is 133 cm³/mol. The molecule has 0 saturated carbocycles. The number of thiazole rings is 1. The fourth-order valence-corrected chi connectivity index (χ4v) is 5.24. The van der Waals surface area contributed by atoms with Crippen molar-refractivity contribution in [3.8, 4) is 5.75 Å². The first-order valence-electron chi connectivity index (χ1n) is 10.3. The van der Waals surface area contributed by atoms with Crippen LogP contribution in [0.25, 0.3) is 11.0 Å². The maximum atomic E-state index is 13.7. The van der Waals surface area contributed by atoms with Crippen LogP contribution < -0.4 is 15.1 Å². The lowest BCUT2D eigenvalue weighted by molar-refractivity contribution is 0.0971. The quantitative estimate of drug-likeness (QED) is 0.303. The molecule has 0 N–H and O–H groups in total. The molecule has 0 spiro atoms. The van der Waals surface area contributed by atoms with Gasteiger partial charge in [-0.1, -0.05) is 40.7 Å². The van der Waals surface area contributed by atoms with Crippen molar-refractivity contribution in [1.29, 1.82) is 0 Å². The summed E-state index contributed by atoms with van der Waals surface area (Å²) in [5, 5.41) is 0.932. The fraction of sp³-hybridized carbons (Fsp3) is 0.160. The highest BCUT2D eigenvalue weighted by Gasteiger charge is 2.45. The van der Waals surface area contributed by atoms with Gasteiger partial charge in [0.05, 0.1) is 22.7 Å². The second-order valence-electron chi connectivity index (χ2n) is 7.70. The van der Waals surface area contributed by atoms with E-state index in [4.69, 9.17) is 9.15 Å². The van der Waals surface area contributed by atoms with Gasteiger partial charge in [-0.25, -0.2) is 4.98 Å². The summed E-state index contributed by atoms with van der Waals surface area (Å²) in [6.07, 6.45) is 1.66. The van der Waals surface area contributed by atoms with E-state index in [1.54, 1.807) is 29.2 Å². The van der Waals surface area contributed by atoms with E-state index in [1.807, 2.05) is 38.1 Å². The van der Waals surface area contributed by atoms with Crippen molar-refractivity contribution in [1.82, 2.24) is 4.98 Å². The Labute approximate surface area is 202 Å². The number of halogens is 1. The van der Waals surface area contributed by atoms with Crippen molar-refractivity contribution in [2.24, 2.45) is 0 Å². The Morgan fingerprint density at radius 3 is 2.79 bits per heavy atom. The Kier molecular flexibility index (Phi) is 5.42. The van der Waals surface area contributed by atoms with Crippen molar-refractivity contribution < 1.29 is 13.9 Å². The Hall–Kier alpha value is -3.23. The number of rotatable bonds is 5. The van der Waals surface area contributed by atoms with Crippen molar-refractivity contribution in [2.45, 2.75) is 19.9 Å². The topological polar surface area (TPSA) is 72.6 Å². The van der Waals surface area contributed by atoms with Gasteiger partial charge in [0.2, 0.25) is 5.76 Å². The van der Waals surface area contributed by atoms with Crippen molar-refractivity contribution >= 4 is 49.3 Å². The van der Waals surface area contributed by atoms with Crippen LogP contribution in [0.3, 0.4) is 0 Å². The highest BCUT2D eigenvalue weighted by Crippen LogP contribution is 2.43. The zero-order valence-electron chi connectivity index (χ0n) is 17.9. The average Bonchev–Trinajstić information content (AvgIpc) is 3.29. The minimum Gasteiger partial charge on any atom is -0.490 e. The lowest BCUT2D eigenvalue weighted by atomic mass is 9.98. The molecule has 2 aromatic carbocycles. The summed E-state index contributed by atoms with van der Waals surface area (Å²) < 4.78 is 12.5. The zero-order valence-corrected chi connectivity index (χ0v) is 20.3. The van der Waals surface area contributed by atoms with Crippen molar-refractivity contribution in [2.75, 3.05) is 11.5 Å². The van der Waals surface area contributed by atoms with Crippen LogP contribution >= 0.6 is 27.3 Å². The lowest BCUT2D eigenvalue weighted by Gasteiger charge is -2.23. The van der Waals surface area contributed by atoms with Gasteiger partial charge in [0.15, 0.2) is 10.6 Å². The lowest BCUT2D eigenvalue weighted by Crippen LogP contribution is -2.29. The number of ether oxygens (including phenoxy) is 1. The normalized spacial score (nSPS) is 15.2. The van der Waals surface area contributed by atoms with Gasteiger partial charge in [0.1, 0.15) is 17.9 Å². The fourth-order valence-electron chi connectivity index (χ4n) is 3.95. The number of benzene rings is 2. The maximum Gasteiger partial charge on any atom is 0.297 e. The summed E-state index contributed by atoms with van der Waals surface area (Å²) in [4.78, 5) is 34.5. The minimum atomic E-state index is -0.690. The number of aromatic nitrogens is 1. The van der Waals surface area contributed by atoms with E-state index in [0.717, 1.165) is 20.6 Å². The summed E-state index contributed by atoms with van der Waals surface area (Å²) in [6.45, 7) is 7.89. The molecule has 0 radical (unpaired) electrons. The Morgan fingerprint density at radius 1 is 1.24 bits per heavy atom. The van der Waals surface area contributed by atoms with Crippen LogP contribution in [0.4, 0.5) is 5.13 Å². The second kappa shape index (κ2) is 8.28. The van der Waals surface area contributed by atoms with Gasteiger partial charge in [-0.15, -0.1) is 11.3 Å². The molecule has 1 unspecified atom stereocenters. The second-order valence-corrected chi connectivity index (χ2v) is 9.80. The molecule has 1 amide bonds. The number of fused-ring (bicyclic) bond motifs is 2. The van der Waals surface area contributed by atoms with Gasteiger partial charge in [-0.3, -0.25) is 14.5 Å². The highest BCUT2D eigenvalue weighted by atomic mass is 79.9. The molecule has 0 saturated heterocycles. The van der Waals surface area contributed by atoms with Gasteiger partial charge < -0.3 is 9.15 Å². The molecule has 166 valence electrons. The van der Waals surface area contributed by atoms with E-state index in [-0.39, 0.29) is 17.1 Å². The molecule has 1 aliphatic heterocycles. The molecular weight excluding hydrogens is 504 g/mol. The average molecular weight is 523 g/mol. The number of hydrogen-bond acceptors (Lipinski definition) is 6. The zero-order chi connectivity index (χ0) is 23.3. The molecule has 33 heavy (non-hydrogen) atoms. The summed E-state index contributed by atoms with van der Waals surface area (Å²) in [5.74, 6) is 0.276. The number of anilines is 1. The third-order valence-electron chi connectivity index (χ3n) is 5.60. The molecule has 3 heterocycles. The van der Waals surface area contributed by atoms with E-state index in [2.05, 4.69) is 27.5 Å². The first-order chi connectivity index (χ1) is 15.9. The van der Waals surface area contributed by atoms with Gasteiger partial charge in [0.25, 0.3) is 5.91 Å². The number of nitrogens with zero attached hydrogens (tertiary/aromatic N) is 2. The smallest absolute Gasteiger partial charge is 0.297 e. The van der Waals surface area contributed by atoms with E-state index < -0.39 is 6.04 Å². The summed E-state index contributed by atoms with van der Waals surface area (Å²) in [6, 6.07) is 11.9. The third-order valence-corrected chi connectivity index (χ3v) is 7.16. The molecular formula is C25H19BrN2O4S. The van der Waals surface area contributed by atoms with Crippen LogP contribution in [-0.4, -0.2) is 17.5 Å². The van der Waals surface area contributed by atoms with Crippen LogP contribution in [0.5, 0.6) is 5.75 Å². The first kappa shape index (κ1) is 21.6. The Bertz CT molecular complexity index is 1470.